The average Bonchev–Trinajstić information content (AvgIpc) is 3.08. The molecule has 5 heteroatoms. The monoisotopic (exact) mass is 330 g/mol. The number of nitrogens with one attached hydrogen (secondary N) is 1. The minimum Gasteiger partial charge on any atom is -0.385 e. The van der Waals surface area contributed by atoms with Crippen LogP contribution in [0.4, 0.5) is 10.7 Å². The molecule has 0 saturated heterocycles. The van der Waals surface area contributed by atoms with Crippen molar-refractivity contribution in [1.29, 1.82) is 0 Å². The second kappa shape index (κ2) is 7.62. The summed E-state index contributed by atoms with van der Waals surface area (Å²) in [7, 11) is 1.67. The molecule has 3 rings (SSSR count). The van der Waals surface area contributed by atoms with E-state index in [1.54, 1.807) is 18.4 Å². The molecule has 2 aromatic rings. The van der Waals surface area contributed by atoms with E-state index in [9.17, 15) is 4.79 Å². The van der Waals surface area contributed by atoms with E-state index < -0.39 is 0 Å². The van der Waals surface area contributed by atoms with Crippen molar-refractivity contribution in [3.63, 3.8) is 0 Å². The predicted octanol–water partition coefficient (Wildman–Crippen LogP) is 3.60. The zero-order valence-corrected chi connectivity index (χ0v) is 14.2. The van der Waals surface area contributed by atoms with Crippen molar-refractivity contribution in [3.05, 3.63) is 46.8 Å². The first kappa shape index (κ1) is 16.0. The van der Waals surface area contributed by atoms with Gasteiger partial charge in [-0.1, -0.05) is 18.2 Å². The first-order valence-electron chi connectivity index (χ1n) is 8.02. The van der Waals surface area contributed by atoms with Crippen LogP contribution in [0.3, 0.4) is 0 Å². The molecule has 1 aromatic heterocycles. The van der Waals surface area contributed by atoms with Crippen LogP contribution in [0.1, 0.15) is 28.1 Å². The van der Waals surface area contributed by atoms with Gasteiger partial charge >= 0.3 is 0 Å². The lowest BCUT2D eigenvalue weighted by Gasteiger charge is -2.30. The van der Waals surface area contributed by atoms with Crippen molar-refractivity contribution >= 4 is 27.9 Å². The summed E-state index contributed by atoms with van der Waals surface area (Å²) in [6.07, 6.45) is 3.11. The molecular formula is C18H22N2O2S. The number of para-hydroxylation sites is 1. The Hall–Kier alpha value is -1.85. The number of amides is 1. The van der Waals surface area contributed by atoms with Crippen LogP contribution >= 0.6 is 11.3 Å². The Labute approximate surface area is 141 Å². The molecule has 0 spiro atoms. The number of methoxy groups -OCH3 is 1. The van der Waals surface area contributed by atoms with E-state index in [1.165, 1.54) is 11.3 Å². The third-order valence-electron chi connectivity index (χ3n) is 4.00. The number of aryl methyl sites for hydroxylation is 1. The summed E-state index contributed by atoms with van der Waals surface area (Å²) >= 11 is 1.56. The van der Waals surface area contributed by atoms with Crippen LogP contribution in [0.5, 0.6) is 0 Å². The number of anilines is 2. The third-order valence-corrected chi connectivity index (χ3v) is 5.11. The third kappa shape index (κ3) is 3.74. The van der Waals surface area contributed by atoms with Gasteiger partial charge < -0.3 is 15.0 Å². The molecule has 0 atom stereocenters. The fraction of sp³-hybridized carbons (Fsp3) is 0.389. The summed E-state index contributed by atoms with van der Waals surface area (Å²) in [4.78, 5) is 15.3. The number of rotatable bonds is 6. The Balaban J connectivity index is 1.69. The molecular weight excluding hydrogens is 308 g/mol. The number of carbonyl (C=O) groups is 1. The SMILES string of the molecule is COCCCNC(=O)c1ccc(N2CCCc3ccccc32)s1. The van der Waals surface area contributed by atoms with Crippen LogP contribution in [-0.4, -0.2) is 32.7 Å². The van der Waals surface area contributed by atoms with Crippen LogP contribution < -0.4 is 10.2 Å². The molecule has 1 aliphatic rings. The van der Waals surface area contributed by atoms with Gasteiger partial charge in [0.2, 0.25) is 0 Å². The van der Waals surface area contributed by atoms with E-state index in [2.05, 4.69) is 40.5 Å². The number of fused-ring (bicyclic) bond motifs is 1. The number of carbonyl (C=O) groups excluding carboxylic acids is 1. The van der Waals surface area contributed by atoms with Crippen molar-refractivity contribution in [2.75, 3.05) is 31.7 Å². The van der Waals surface area contributed by atoms with Gasteiger partial charge in [-0.25, -0.2) is 0 Å². The first-order valence-corrected chi connectivity index (χ1v) is 8.83. The van der Waals surface area contributed by atoms with Gasteiger partial charge in [0.25, 0.3) is 5.91 Å². The second-order valence-electron chi connectivity index (χ2n) is 5.62. The van der Waals surface area contributed by atoms with E-state index in [-0.39, 0.29) is 5.91 Å². The van der Waals surface area contributed by atoms with Crippen LogP contribution in [0, 0.1) is 0 Å². The molecule has 4 nitrogen and oxygen atoms in total. The topological polar surface area (TPSA) is 41.6 Å². The maximum absolute atomic E-state index is 12.2. The molecule has 1 N–H and O–H groups in total. The Bertz CT molecular complexity index is 669. The lowest BCUT2D eigenvalue weighted by atomic mass is 10.0. The van der Waals surface area contributed by atoms with Crippen LogP contribution in [0.2, 0.25) is 0 Å². The Morgan fingerprint density at radius 3 is 3.04 bits per heavy atom. The smallest absolute Gasteiger partial charge is 0.261 e. The summed E-state index contributed by atoms with van der Waals surface area (Å²) in [5.41, 5.74) is 2.66. The summed E-state index contributed by atoms with van der Waals surface area (Å²) in [5, 5.41) is 4.08. The van der Waals surface area contributed by atoms with Crippen molar-refractivity contribution in [3.8, 4) is 0 Å². The van der Waals surface area contributed by atoms with Crippen molar-refractivity contribution in [1.82, 2.24) is 5.32 Å². The van der Waals surface area contributed by atoms with Crippen LogP contribution in [0.15, 0.2) is 36.4 Å². The zero-order chi connectivity index (χ0) is 16.1. The minimum absolute atomic E-state index is 0.00245. The largest absolute Gasteiger partial charge is 0.385 e. The highest BCUT2D eigenvalue weighted by Gasteiger charge is 2.20. The van der Waals surface area contributed by atoms with Gasteiger partial charge in [0.1, 0.15) is 0 Å². The van der Waals surface area contributed by atoms with E-state index in [1.807, 2.05) is 6.07 Å². The van der Waals surface area contributed by atoms with Crippen LogP contribution in [0.25, 0.3) is 0 Å². The van der Waals surface area contributed by atoms with Gasteiger partial charge in [0, 0.05) is 32.5 Å². The molecule has 0 fully saturated rings. The summed E-state index contributed by atoms with van der Waals surface area (Å²) in [5.74, 6) is 0.00245. The average molecular weight is 330 g/mol. The highest BCUT2D eigenvalue weighted by molar-refractivity contribution is 7.18. The number of benzene rings is 1. The highest BCUT2D eigenvalue weighted by Crippen LogP contribution is 2.37. The van der Waals surface area contributed by atoms with E-state index in [0.717, 1.165) is 35.7 Å². The first-order chi connectivity index (χ1) is 11.3. The van der Waals surface area contributed by atoms with Crippen molar-refractivity contribution in [2.45, 2.75) is 19.3 Å². The number of hydrogen-bond donors (Lipinski definition) is 1. The Kier molecular flexibility index (Phi) is 5.31. The number of hydrogen-bond acceptors (Lipinski definition) is 4. The molecule has 2 heterocycles. The molecule has 0 radical (unpaired) electrons. The molecule has 23 heavy (non-hydrogen) atoms. The molecule has 0 saturated carbocycles. The molecule has 1 aliphatic heterocycles. The second-order valence-corrected chi connectivity index (χ2v) is 6.69. The normalized spacial score (nSPS) is 13.7. The maximum atomic E-state index is 12.2. The summed E-state index contributed by atoms with van der Waals surface area (Å²) in [6, 6.07) is 12.5. The molecule has 122 valence electrons. The number of nitrogens with zero attached hydrogens (tertiary/aromatic N) is 1. The fourth-order valence-corrected chi connectivity index (χ4v) is 3.83. The zero-order valence-electron chi connectivity index (χ0n) is 13.4. The van der Waals surface area contributed by atoms with E-state index in [0.29, 0.717) is 13.2 Å². The highest BCUT2D eigenvalue weighted by atomic mass is 32.1. The lowest BCUT2D eigenvalue weighted by molar-refractivity contribution is 0.0952. The Morgan fingerprint density at radius 1 is 1.30 bits per heavy atom. The molecule has 0 unspecified atom stereocenters. The van der Waals surface area contributed by atoms with E-state index in [4.69, 9.17) is 4.74 Å². The van der Waals surface area contributed by atoms with Gasteiger partial charge in [0.05, 0.1) is 9.88 Å². The van der Waals surface area contributed by atoms with Gasteiger partial charge in [-0.2, -0.15) is 0 Å². The summed E-state index contributed by atoms with van der Waals surface area (Å²) < 4.78 is 4.99. The predicted molar refractivity (Wildman–Crippen MR) is 94.9 cm³/mol. The van der Waals surface area contributed by atoms with Gasteiger partial charge in [0.15, 0.2) is 0 Å². The van der Waals surface area contributed by atoms with Crippen LogP contribution in [-0.2, 0) is 11.2 Å². The maximum Gasteiger partial charge on any atom is 0.261 e. The van der Waals surface area contributed by atoms with Crippen molar-refractivity contribution < 1.29 is 9.53 Å². The quantitative estimate of drug-likeness (QED) is 0.823. The van der Waals surface area contributed by atoms with Gasteiger partial charge in [-0.05, 0) is 43.0 Å². The van der Waals surface area contributed by atoms with Gasteiger partial charge in [-0.3, -0.25) is 4.79 Å². The van der Waals surface area contributed by atoms with Crippen molar-refractivity contribution in [2.24, 2.45) is 0 Å². The summed E-state index contributed by atoms with van der Waals surface area (Å²) in [6.45, 7) is 2.32. The minimum atomic E-state index is 0.00245. The molecule has 1 aromatic carbocycles. The lowest BCUT2D eigenvalue weighted by Crippen LogP contribution is -2.24. The molecule has 0 aliphatic carbocycles. The fourth-order valence-electron chi connectivity index (χ4n) is 2.86. The Morgan fingerprint density at radius 2 is 2.17 bits per heavy atom. The standard InChI is InChI=1S/C18H22N2O2S/c1-22-13-5-11-19-18(21)16-9-10-17(23-16)20-12-4-7-14-6-2-3-8-15(14)20/h2-3,6,8-10H,4-5,7,11-13H2,1H3,(H,19,21). The number of ether oxygens (including phenoxy) is 1. The van der Waals surface area contributed by atoms with Gasteiger partial charge in [-0.15, -0.1) is 11.3 Å². The molecule has 0 bridgehead atoms. The molecule has 1 amide bonds. The van der Waals surface area contributed by atoms with E-state index >= 15 is 0 Å². The number of thiophene rings is 1.